The zero-order valence-corrected chi connectivity index (χ0v) is 19.1. The number of amides is 1. The smallest absolute Gasteiger partial charge is 0.334 e. The SMILES string of the molecule is C[C@H](NS(=O)(=O)c1ccccc1C(F)(F)F)C(=O)Nc1ccc(-c2cn3c(n2)CCCC3)cc1. The van der Waals surface area contributed by atoms with Gasteiger partial charge in [-0.1, -0.05) is 24.3 Å². The maximum Gasteiger partial charge on any atom is 0.417 e. The molecule has 180 valence electrons. The highest BCUT2D eigenvalue weighted by atomic mass is 32.2. The second-order valence-corrected chi connectivity index (χ2v) is 9.78. The lowest BCUT2D eigenvalue weighted by atomic mass is 10.1. The fourth-order valence-electron chi connectivity index (χ4n) is 3.81. The molecule has 2 N–H and O–H groups in total. The van der Waals surface area contributed by atoms with Crippen molar-refractivity contribution >= 4 is 21.6 Å². The van der Waals surface area contributed by atoms with Crippen LogP contribution in [0.2, 0.25) is 0 Å². The molecule has 0 aliphatic carbocycles. The molecule has 0 radical (unpaired) electrons. The number of rotatable bonds is 6. The third-order valence-electron chi connectivity index (χ3n) is 5.56. The van der Waals surface area contributed by atoms with E-state index in [1.54, 1.807) is 24.3 Å². The third kappa shape index (κ3) is 5.15. The number of halogens is 3. The largest absolute Gasteiger partial charge is 0.417 e. The normalized spacial score (nSPS) is 14.9. The summed E-state index contributed by atoms with van der Waals surface area (Å²) in [6.45, 7) is 2.20. The number of hydrogen-bond donors (Lipinski definition) is 2. The number of alkyl halides is 3. The Kier molecular flexibility index (Phi) is 6.50. The van der Waals surface area contributed by atoms with Crippen molar-refractivity contribution in [1.82, 2.24) is 14.3 Å². The Labute approximate surface area is 195 Å². The molecule has 1 aromatic heterocycles. The molecule has 1 aliphatic heterocycles. The fraction of sp³-hybridized carbons (Fsp3) is 0.304. The summed E-state index contributed by atoms with van der Waals surface area (Å²) >= 11 is 0. The van der Waals surface area contributed by atoms with Gasteiger partial charge in [-0.15, -0.1) is 0 Å². The van der Waals surface area contributed by atoms with E-state index in [0.29, 0.717) is 11.8 Å². The Morgan fingerprint density at radius 3 is 2.47 bits per heavy atom. The van der Waals surface area contributed by atoms with Crippen molar-refractivity contribution in [1.29, 1.82) is 0 Å². The van der Waals surface area contributed by atoms with Gasteiger partial charge in [-0.3, -0.25) is 4.79 Å². The average Bonchev–Trinajstić information content (AvgIpc) is 3.23. The molecule has 34 heavy (non-hydrogen) atoms. The lowest BCUT2D eigenvalue weighted by Crippen LogP contribution is -2.42. The minimum atomic E-state index is -4.85. The summed E-state index contributed by atoms with van der Waals surface area (Å²) in [5, 5.41) is 2.57. The van der Waals surface area contributed by atoms with Gasteiger partial charge < -0.3 is 9.88 Å². The van der Waals surface area contributed by atoms with Crippen LogP contribution in [-0.4, -0.2) is 29.9 Å². The highest BCUT2D eigenvalue weighted by Gasteiger charge is 2.37. The molecule has 7 nitrogen and oxygen atoms in total. The quantitative estimate of drug-likeness (QED) is 0.539. The van der Waals surface area contributed by atoms with E-state index in [4.69, 9.17) is 0 Å². The summed E-state index contributed by atoms with van der Waals surface area (Å²) in [4.78, 5) is 16.2. The molecule has 4 rings (SSSR count). The van der Waals surface area contributed by atoms with Gasteiger partial charge in [-0.25, -0.2) is 13.4 Å². The molecule has 11 heteroatoms. The number of nitrogens with one attached hydrogen (secondary N) is 2. The molecule has 0 saturated carbocycles. The van der Waals surface area contributed by atoms with Crippen molar-refractivity contribution in [2.24, 2.45) is 0 Å². The van der Waals surface area contributed by atoms with Crippen molar-refractivity contribution in [2.45, 2.75) is 49.8 Å². The Hall–Kier alpha value is -3.18. The standard InChI is InChI=1S/C23H23F3N4O3S/c1-15(29-34(32,33)20-7-3-2-6-18(20)23(24,25)26)22(31)27-17-11-9-16(10-12-17)19-14-30-13-5-4-8-21(30)28-19/h2-3,6-7,9-12,14-15,29H,4-5,8,13H2,1H3,(H,27,31)/t15-/m0/s1. The molecule has 0 unspecified atom stereocenters. The summed E-state index contributed by atoms with van der Waals surface area (Å²) in [6, 6.07) is 9.40. The van der Waals surface area contributed by atoms with Gasteiger partial charge in [0.05, 0.1) is 22.2 Å². The van der Waals surface area contributed by atoms with Crippen LogP contribution in [0.5, 0.6) is 0 Å². The van der Waals surface area contributed by atoms with Crippen LogP contribution in [0.4, 0.5) is 18.9 Å². The molecular formula is C23H23F3N4O3S. The van der Waals surface area contributed by atoms with Crippen LogP contribution in [0.1, 0.15) is 31.2 Å². The van der Waals surface area contributed by atoms with Gasteiger partial charge in [0.15, 0.2) is 0 Å². The maximum absolute atomic E-state index is 13.2. The van der Waals surface area contributed by atoms with Crippen molar-refractivity contribution in [3.05, 3.63) is 66.1 Å². The number of fused-ring (bicyclic) bond motifs is 1. The van der Waals surface area contributed by atoms with Gasteiger partial charge in [0, 0.05) is 30.4 Å². The molecule has 1 amide bonds. The molecule has 3 aromatic rings. The third-order valence-corrected chi connectivity index (χ3v) is 7.16. The number of aromatic nitrogens is 2. The van der Waals surface area contributed by atoms with Crippen LogP contribution < -0.4 is 10.0 Å². The Balaban J connectivity index is 1.43. The Morgan fingerprint density at radius 1 is 1.09 bits per heavy atom. The van der Waals surface area contributed by atoms with E-state index >= 15 is 0 Å². The van der Waals surface area contributed by atoms with E-state index in [9.17, 15) is 26.4 Å². The number of carbonyl (C=O) groups is 1. The predicted molar refractivity (Wildman–Crippen MR) is 120 cm³/mol. The van der Waals surface area contributed by atoms with Crippen LogP contribution in [-0.2, 0) is 34.0 Å². The predicted octanol–water partition coefficient (Wildman–Crippen LogP) is 4.21. The maximum atomic E-state index is 13.2. The summed E-state index contributed by atoms with van der Waals surface area (Å²) in [5.74, 6) is 0.338. The average molecular weight is 493 g/mol. The highest BCUT2D eigenvalue weighted by Crippen LogP contribution is 2.34. The van der Waals surface area contributed by atoms with Gasteiger partial charge in [-0.05, 0) is 44.0 Å². The first-order chi connectivity index (χ1) is 16.0. The second kappa shape index (κ2) is 9.22. The first-order valence-electron chi connectivity index (χ1n) is 10.7. The van der Waals surface area contributed by atoms with Gasteiger partial charge >= 0.3 is 6.18 Å². The second-order valence-electron chi connectivity index (χ2n) is 8.10. The van der Waals surface area contributed by atoms with Crippen molar-refractivity contribution in [3.63, 3.8) is 0 Å². The molecule has 0 bridgehead atoms. The molecule has 1 aliphatic rings. The van der Waals surface area contributed by atoms with E-state index in [0.717, 1.165) is 55.0 Å². The van der Waals surface area contributed by atoms with E-state index < -0.39 is 38.6 Å². The van der Waals surface area contributed by atoms with Crippen LogP contribution in [0.3, 0.4) is 0 Å². The van der Waals surface area contributed by atoms with E-state index in [1.807, 2.05) is 10.9 Å². The van der Waals surface area contributed by atoms with E-state index in [-0.39, 0.29) is 0 Å². The number of aryl methyl sites for hydroxylation is 2. The van der Waals surface area contributed by atoms with Crippen LogP contribution >= 0.6 is 0 Å². The minimum absolute atomic E-state index is 0.416. The van der Waals surface area contributed by atoms with Crippen molar-refractivity contribution in [3.8, 4) is 11.3 Å². The lowest BCUT2D eigenvalue weighted by molar-refractivity contribution is -0.139. The zero-order chi connectivity index (χ0) is 24.5. The van der Waals surface area contributed by atoms with E-state index in [2.05, 4.69) is 14.9 Å². The van der Waals surface area contributed by atoms with E-state index in [1.165, 1.54) is 13.0 Å². The zero-order valence-electron chi connectivity index (χ0n) is 18.3. The number of hydrogen-bond acceptors (Lipinski definition) is 4. The number of anilines is 1. The molecule has 1 atom stereocenters. The van der Waals surface area contributed by atoms with Crippen LogP contribution in [0.15, 0.2) is 59.6 Å². The molecule has 2 aromatic carbocycles. The Morgan fingerprint density at radius 2 is 1.79 bits per heavy atom. The van der Waals surface area contributed by atoms with Gasteiger partial charge in [0.25, 0.3) is 0 Å². The lowest BCUT2D eigenvalue weighted by Gasteiger charge is -2.17. The van der Waals surface area contributed by atoms with Crippen molar-refractivity contribution < 1.29 is 26.4 Å². The number of sulfonamides is 1. The Bertz CT molecular complexity index is 1280. The highest BCUT2D eigenvalue weighted by molar-refractivity contribution is 7.89. The topological polar surface area (TPSA) is 93.1 Å². The first-order valence-corrected chi connectivity index (χ1v) is 12.2. The summed E-state index contributed by atoms with van der Waals surface area (Å²) in [5.41, 5.74) is 0.822. The van der Waals surface area contributed by atoms with Crippen LogP contribution in [0, 0.1) is 0 Å². The van der Waals surface area contributed by atoms with Crippen LogP contribution in [0.25, 0.3) is 11.3 Å². The number of imidazole rings is 1. The number of benzene rings is 2. The van der Waals surface area contributed by atoms with Gasteiger partial charge in [-0.2, -0.15) is 17.9 Å². The first kappa shape index (κ1) is 24.0. The van der Waals surface area contributed by atoms with Gasteiger partial charge in [0.1, 0.15) is 5.82 Å². The molecule has 0 saturated heterocycles. The molecule has 2 heterocycles. The minimum Gasteiger partial charge on any atom is -0.334 e. The molecular weight excluding hydrogens is 469 g/mol. The molecule has 0 spiro atoms. The summed E-state index contributed by atoms with van der Waals surface area (Å²) in [6.07, 6.45) is 0.322. The van der Waals surface area contributed by atoms with Crippen molar-refractivity contribution in [2.75, 3.05) is 5.32 Å². The number of carbonyl (C=O) groups excluding carboxylic acids is 1. The number of nitrogens with zero attached hydrogens (tertiary/aromatic N) is 2. The summed E-state index contributed by atoms with van der Waals surface area (Å²) in [7, 11) is -4.60. The summed E-state index contributed by atoms with van der Waals surface area (Å²) < 4.78 is 68.9. The monoisotopic (exact) mass is 492 g/mol. The fourth-order valence-corrected chi connectivity index (χ4v) is 5.24. The van der Waals surface area contributed by atoms with Gasteiger partial charge in [0.2, 0.25) is 15.9 Å². The molecule has 0 fully saturated rings.